The average molecular weight is 455 g/mol. The van der Waals surface area contributed by atoms with Gasteiger partial charge in [0.15, 0.2) is 5.78 Å². The number of nitrogens with one attached hydrogen (secondary N) is 1. The van der Waals surface area contributed by atoms with Gasteiger partial charge in [-0.3, -0.25) is 9.59 Å². The number of carbonyl (C=O) groups is 2. The summed E-state index contributed by atoms with van der Waals surface area (Å²) in [4.78, 5) is 25.3. The van der Waals surface area contributed by atoms with E-state index in [-0.39, 0.29) is 11.3 Å². The Bertz CT molecular complexity index is 957. The molecule has 126 valence electrons. The monoisotopic (exact) mass is 453 g/mol. The van der Waals surface area contributed by atoms with E-state index in [1.165, 1.54) is 6.07 Å². The number of benzene rings is 2. The van der Waals surface area contributed by atoms with Crippen LogP contribution < -0.4 is 5.32 Å². The Morgan fingerprint density at radius 2 is 1.68 bits per heavy atom. The van der Waals surface area contributed by atoms with Crippen molar-refractivity contribution >= 4 is 67.8 Å². The standard InChI is InChI=1S/C18H10BrCl2NO2S/c19-11-6-7-14(22-18(24)13-9-15(20)25-17(13)21)12(8-11)16(23)10-4-2-1-3-5-10/h1-9H,(H,22,24). The zero-order valence-electron chi connectivity index (χ0n) is 12.6. The lowest BCUT2D eigenvalue weighted by Gasteiger charge is -2.11. The van der Waals surface area contributed by atoms with Crippen molar-refractivity contribution in [3.8, 4) is 0 Å². The van der Waals surface area contributed by atoms with Crippen molar-refractivity contribution in [1.29, 1.82) is 0 Å². The van der Waals surface area contributed by atoms with Crippen LogP contribution in [0.4, 0.5) is 5.69 Å². The molecule has 25 heavy (non-hydrogen) atoms. The van der Waals surface area contributed by atoms with E-state index in [9.17, 15) is 9.59 Å². The van der Waals surface area contributed by atoms with Gasteiger partial charge >= 0.3 is 0 Å². The van der Waals surface area contributed by atoms with Gasteiger partial charge in [-0.1, -0.05) is 69.5 Å². The van der Waals surface area contributed by atoms with Crippen molar-refractivity contribution in [2.45, 2.75) is 0 Å². The summed E-state index contributed by atoms with van der Waals surface area (Å²) in [5, 5.41) is 2.74. The molecule has 0 atom stereocenters. The molecule has 0 saturated heterocycles. The molecule has 0 radical (unpaired) electrons. The molecule has 1 aromatic heterocycles. The number of carbonyl (C=O) groups excluding carboxylic acids is 2. The summed E-state index contributed by atoms with van der Waals surface area (Å²) in [7, 11) is 0. The second-order valence-electron chi connectivity index (χ2n) is 5.08. The molecule has 3 nitrogen and oxygen atoms in total. The minimum atomic E-state index is -0.419. The van der Waals surface area contributed by atoms with E-state index < -0.39 is 5.91 Å². The molecular weight excluding hydrogens is 445 g/mol. The summed E-state index contributed by atoms with van der Waals surface area (Å²) < 4.78 is 1.46. The second kappa shape index (κ2) is 7.70. The molecular formula is C18H10BrCl2NO2S. The number of amides is 1. The number of ketones is 1. The smallest absolute Gasteiger partial charge is 0.258 e. The fourth-order valence-corrected chi connectivity index (χ4v) is 4.06. The van der Waals surface area contributed by atoms with Gasteiger partial charge in [0, 0.05) is 15.6 Å². The van der Waals surface area contributed by atoms with Gasteiger partial charge in [0.25, 0.3) is 5.91 Å². The fraction of sp³-hybridized carbons (Fsp3) is 0. The Morgan fingerprint density at radius 1 is 0.960 bits per heavy atom. The molecule has 0 spiro atoms. The largest absolute Gasteiger partial charge is 0.321 e. The highest BCUT2D eigenvalue weighted by molar-refractivity contribution is 9.10. The molecule has 0 aliphatic carbocycles. The van der Waals surface area contributed by atoms with E-state index in [4.69, 9.17) is 23.2 Å². The minimum absolute atomic E-state index is 0.188. The molecule has 0 saturated carbocycles. The van der Waals surface area contributed by atoms with E-state index in [0.717, 1.165) is 15.8 Å². The third-order valence-corrected chi connectivity index (χ3v) is 5.39. The van der Waals surface area contributed by atoms with Crippen molar-refractivity contribution < 1.29 is 9.59 Å². The minimum Gasteiger partial charge on any atom is -0.321 e. The predicted molar refractivity (Wildman–Crippen MR) is 106 cm³/mol. The van der Waals surface area contributed by atoms with Crippen LogP contribution in [0.2, 0.25) is 8.67 Å². The lowest BCUT2D eigenvalue weighted by Crippen LogP contribution is -2.15. The summed E-state index contributed by atoms with van der Waals surface area (Å²) in [6.45, 7) is 0. The second-order valence-corrected chi connectivity index (χ2v) is 8.28. The SMILES string of the molecule is O=C(c1ccccc1)c1cc(Br)ccc1NC(=O)c1cc(Cl)sc1Cl. The molecule has 1 N–H and O–H groups in total. The Morgan fingerprint density at radius 3 is 2.32 bits per heavy atom. The number of thiophene rings is 1. The van der Waals surface area contributed by atoms with Crippen LogP contribution in [0, 0.1) is 0 Å². The van der Waals surface area contributed by atoms with Crippen molar-refractivity contribution in [1.82, 2.24) is 0 Å². The summed E-state index contributed by atoms with van der Waals surface area (Å²) in [6, 6.07) is 15.5. The van der Waals surface area contributed by atoms with E-state index in [0.29, 0.717) is 25.5 Å². The molecule has 1 amide bonds. The molecule has 0 fully saturated rings. The van der Waals surface area contributed by atoms with E-state index in [1.54, 1.807) is 42.5 Å². The van der Waals surface area contributed by atoms with Crippen molar-refractivity contribution in [3.63, 3.8) is 0 Å². The summed E-state index contributed by atoms with van der Waals surface area (Å²) in [5.74, 6) is -0.607. The lowest BCUT2D eigenvalue weighted by atomic mass is 10.0. The maximum absolute atomic E-state index is 12.8. The lowest BCUT2D eigenvalue weighted by molar-refractivity contribution is 0.102. The van der Waals surface area contributed by atoms with Crippen LogP contribution in [-0.2, 0) is 0 Å². The first kappa shape index (κ1) is 18.1. The summed E-state index contributed by atoms with van der Waals surface area (Å²) in [5.41, 5.74) is 1.59. The van der Waals surface area contributed by atoms with E-state index in [2.05, 4.69) is 21.2 Å². The van der Waals surface area contributed by atoms with Crippen LogP contribution in [0.1, 0.15) is 26.3 Å². The number of rotatable bonds is 4. The van der Waals surface area contributed by atoms with Gasteiger partial charge < -0.3 is 5.32 Å². The van der Waals surface area contributed by atoms with Crippen molar-refractivity contribution in [3.05, 3.63) is 84.4 Å². The first-order chi connectivity index (χ1) is 12.0. The maximum Gasteiger partial charge on any atom is 0.258 e. The zero-order valence-corrected chi connectivity index (χ0v) is 16.5. The van der Waals surface area contributed by atoms with Crippen LogP contribution in [0.3, 0.4) is 0 Å². The van der Waals surface area contributed by atoms with E-state index in [1.807, 2.05) is 6.07 Å². The molecule has 3 rings (SSSR count). The fourth-order valence-electron chi connectivity index (χ4n) is 2.24. The predicted octanol–water partition coefficient (Wildman–Crippen LogP) is 6.30. The number of anilines is 1. The van der Waals surface area contributed by atoms with Crippen molar-refractivity contribution in [2.75, 3.05) is 5.32 Å². The van der Waals surface area contributed by atoms with Crippen molar-refractivity contribution in [2.24, 2.45) is 0 Å². The van der Waals surface area contributed by atoms with Crippen LogP contribution in [-0.4, -0.2) is 11.7 Å². The summed E-state index contributed by atoms with van der Waals surface area (Å²) in [6.07, 6.45) is 0. The molecule has 2 aromatic carbocycles. The summed E-state index contributed by atoms with van der Waals surface area (Å²) >= 11 is 16.4. The Kier molecular flexibility index (Phi) is 5.59. The average Bonchev–Trinajstić information content (AvgIpc) is 2.95. The maximum atomic E-state index is 12.8. The Labute approximate surface area is 166 Å². The van der Waals surface area contributed by atoms with Crippen LogP contribution >= 0.6 is 50.5 Å². The van der Waals surface area contributed by atoms with Crippen LogP contribution in [0.5, 0.6) is 0 Å². The third-order valence-electron chi connectivity index (χ3n) is 3.41. The molecule has 1 heterocycles. The van der Waals surface area contributed by atoms with Gasteiger partial charge in [0.05, 0.1) is 15.6 Å². The normalized spacial score (nSPS) is 10.5. The van der Waals surface area contributed by atoms with Gasteiger partial charge in [-0.2, -0.15) is 0 Å². The van der Waals surface area contributed by atoms with Gasteiger partial charge in [-0.25, -0.2) is 0 Å². The molecule has 3 aromatic rings. The van der Waals surface area contributed by atoms with Gasteiger partial charge in [0.1, 0.15) is 4.34 Å². The topological polar surface area (TPSA) is 46.2 Å². The molecule has 0 aliphatic heterocycles. The first-order valence-electron chi connectivity index (χ1n) is 7.11. The molecule has 0 bridgehead atoms. The molecule has 0 unspecified atom stereocenters. The highest BCUT2D eigenvalue weighted by Gasteiger charge is 2.19. The zero-order chi connectivity index (χ0) is 18.0. The highest BCUT2D eigenvalue weighted by atomic mass is 79.9. The molecule has 7 heteroatoms. The Hall–Kier alpha value is -1.66. The Balaban J connectivity index is 1.96. The van der Waals surface area contributed by atoms with Gasteiger partial charge in [0.2, 0.25) is 0 Å². The van der Waals surface area contributed by atoms with Gasteiger partial charge in [-0.15, -0.1) is 11.3 Å². The number of hydrogen-bond acceptors (Lipinski definition) is 3. The van der Waals surface area contributed by atoms with E-state index >= 15 is 0 Å². The quantitative estimate of drug-likeness (QED) is 0.470. The van der Waals surface area contributed by atoms with Crippen LogP contribution in [0.15, 0.2) is 59.1 Å². The molecule has 0 aliphatic rings. The van der Waals surface area contributed by atoms with Crippen LogP contribution in [0.25, 0.3) is 0 Å². The third kappa shape index (κ3) is 4.12. The number of halogens is 3. The number of hydrogen-bond donors (Lipinski definition) is 1. The van der Waals surface area contributed by atoms with Gasteiger partial charge in [-0.05, 0) is 24.3 Å². The first-order valence-corrected chi connectivity index (χ1v) is 9.47. The highest BCUT2D eigenvalue weighted by Crippen LogP contribution is 2.32.